The summed E-state index contributed by atoms with van der Waals surface area (Å²) in [7, 11) is 1.63. The summed E-state index contributed by atoms with van der Waals surface area (Å²) in [5, 5.41) is 0.398. The number of rotatable bonds is 3. The third-order valence-corrected chi connectivity index (χ3v) is 4.98. The number of halogens is 1. The van der Waals surface area contributed by atoms with Gasteiger partial charge in [0, 0.05) is 15.9 Å². The summed E-state index contributed by atoms with van der Waals surface area (Å²) in [6.07, 6.45) is 4.02. The van der Waals surface area contributed by atoms with E-state index >= 15 is 0 Å². The van der Waals surface area contributed by atoms with Crippen molar-refractivity contribution in [1.29, 1.82) is 0 Å². The summed E-state index contributed by atoms with van der Waals surface area (Å²) in [5.74, 6) is 1.13. The van der Waals surface area contributed by atoms with E-state index in [1.807, 2.05) is 11.8 Å². The Kier molecular flexibility index (Phi) is 4.13. The average molecular weight is 241 g/mol. The number of thioether (sulfide) groups is 1. The molecule has 2 nitrogen and oxygen atoms in total. The van der Waals surface area contributed by atoms with Gasteiger partial charge in [0.1, 0.15) is 0 Å². The van der Waals surface area contributed by atoms with Crippen LogP contribution >= 0.6 is 22.4 Å². The van der Waals surface area contributed by atoms with Crippen LogP contribution in [-0.2, 0) is 9.05 Å². The molecule has 0 bridgehead atoms. The van der Waals surface area contributed by atoms with Crippen LogP contribution in [0.4, 0.5) is 0 Å². The second-order valence-corrected chi connectivity index (χ2v) is 7.25. The molecule has 13 heavy (non-hydrogen) atoms. The molecule has 5 heteroatoms. The van der Waals surface area contributed by atoms with Crippen molar-refractivity contribution in [2.75, 3.05) is 5.75 Å². The Labute approximate surface area is 88.2 Å². The van der Waals surface area contributed by atoms with Gasteiger partial charge in [-0.15, -0.1) is 0 Å². The fourth-order valence-electron chi connectivity index (χ4n) is 1.32. The molecule has 1 unspecified atom stereocenters. The summed E-state index contributed by atoms with van der Waals surface area (Å²) < 4.78 is 21.7. The Balaban J connectivity index is 2.44. The van der Waals surface area contributed by atoms with Crippen LogP contribution in [0.3, 0.4) is 0 Å². The van der Waals surface area contributed by atoms with E-state index in [1.54, 1.807) is 0 Å². The van der Waals surface area contributed by atoms with Gasteiger partial charge in [0.2, 0.25) is 0 Å². The highest BCUT2D eigenvalue weighted by atomic mass is 35.7. The van der Waals surface area contributed by atoms with E-state index in [0.717, 1.165) is 12.2 Å². The molecule has 0 radical (unpaired) electrons. The molecular formula is C8H13ClO2S2. The molecule has 0 aromatic heterocycles. The Morgan fingerprint density at radius 1 is 1.54 bits per heavy atom. The van der Waals surface area contributed by atoms with Gasteiger partial charge in [-0.05, 0) is 25.0 Å². The topological polar surface area (TPSA) is 34.1 Å². The molecule has 0 amide bonds. The predicted molar refractivity (Wildman–Crippen MR) is 58.6 cm³/mol. The normalized spacial score (nSPS) is 24.2. The van der Waals surface area contributed by atoms with Crippen molar-refractivity contribution in [2.24, 2.45) is 0 Å². The lowest BCUT2D eigenvalue weighted by atomic mass is 10.1. The predicted octanol–water partition coefficient (Wildman–Crippen LogP) is 2.74. The summed E-state index contributed by atoms with van der Waals surface area (Å²) in [6, 6.07) is 0. The lowest BCUT2D eigenvalue weighted by Gasteiger charge is -2.20. The van der Waals surface area contributed by atoms with E-state index in [0.29, 0.717) is 11.7 Å². The molecule has 0 spiro atoms. The van der Waals surface area contributed by atoms with Crippen molar-refractivity contribution in [2.45, 2.75) is 30.9 Å². The zero-order valence-electron chi connectivity index (χ0n) is 7.33. The molecule has 1 aliphatic heterocycles. The largest absolute Gasteiger partial charge is 0.256 e. The highest BCUT2D eigenvalue weighted by Gasteiger charge is 2.19. The van der Waals surface area contributed by atoms with Gasteiger partial charge in [-0.1, -0.05) is 13.0 Å². The highest BCUT2D eigenvalue weighted by molar-refractivity contribution is 8.16. The van der Waals surface area contributed by atoms with Gasteiger partial charge in [0.05, 0.1) is 4.91 Å². The molecule has 1 heterocycles. The average Bonchev–Trinajstić information content (AvgIpc) is 2.04. The maximum absolute atomic E-state index is 10.9. The Bertz CT molecular complexity index is 279. The molecule has 0 aromatic rings. The van der Waals surface area contributed by atoms with E-state index < -0.39 is 9.05 Å². The van der Waals surface area contributed by atoms with E-state index in [1.165, 1.54) is 12.8 Å². The molecule has 0 N–H and O–H groups in total. The Morgan fingerprint density at radius 2 is 2.23 bits per heavy atom. The minimum Gasteiger partial charge on any atom is -0.207 e. The lowest BCUT2D eigenvalue weighted by Crippen LogP contribution is -2.11. The van der Waals surface area contributed by atoms with Gasteiger partial charge >= 0.3 is 0 Å². The van der Waals surface area contributed by atoms with Gasteiger partial charge in [-0.3, -0.25) is 0 Å². The summed E-state index contributed by atoms with van der Waals surface area (Å²) in [6.45, 7) is 3.49. The zero-order chi connectivity index (χ0) is 9.90. The lowest BCUT2D eigenvalue weighted by molar-refractivity contribution is 0.609. The fourth-order valence-corrected chi connectivity index (χ4v) is 3.37. The zero-order valence-corrected chi connectivity index (χ0v) is 9.72. The molecule has 1 fully saturated rings. The number of hydrogen-bond donors (Lipinski definition) is 0. The van der Waals surface area contributed by atoms with Crippen molar-refractivity contribution in [1.82, 2.24) is 0 Å². The molecule has 1 saturated heterocycles. The smallest absolute Gasteiger partial charge is 0.207 e. The second kappa shape index (κ2) is 4.71. The molecule has 76 valence electrons. The monoisotopic (exact) mass is 240 g/mol. The van der Waals surface area contributed by atoms with Crippen LogP contribution in [0.2, 0.25) is 0 Å². The first-order valence-corrected chi connectivity index (χ1v) is 7.60. The standard InChI is InChI=1S/C8H13ClO2S2/c1-7(13(9,10)11)6-8-4-2-3-5-12-8/h8H,1-6H2. The van der Waals surface area contributed by atoms with Crippen molar-refractivity contribution < 1.29 is 8.42 Å². The molecular weight excluding hydrogens is 228 g/mol. The molecule has 0 aromatic carbocycles. The van der Waals surface area contributed by atoms with Crippen LogP contribution in [-0.4, -0.2) is 19.4 Å². The second-order valence-electron chi connectivity index (χ2n) is 3.17. The first-order valence-electron chi connectivity index (χ1n) is 4.24. The first kappa shape index (κ1) is 11.4. The quantitative estimate of drug-likeness (QED) is 0.712. The fraction of sp³-hybridized carbons (Fsp3) is 0.750. The van der Waals surface area contributed by atoms with Crippen molar-refractivity contribution in [3.63, 3.8) is 0 Å². The summed E-state index contributed by atoms with van der Waals surface area (Å²) in [4.78, 5) is 0.161. The van der Waals surface area contributed by atoms with E-state index in [2.05, 4.69) is 6.58 Å². The van der Waals surface area contributed by atoms with E-state index in [4.69, 9.17) is 10.7 Å². The van der Waals surface area contributed by atoms with Crippen LogP contribution in [0.15, 0.2) is 11.5 Å². The molecule has 1 rings (SSSR count). The Morgan fingerprint density at radius 3 is 2.69 bits per heavy atom. The highest BCUT2D eigenvalue weighted by Crippen LogP contribution is 2.31. The first-order chi connectivity index (χ1) is 6.00. The van der Waals surface area contributed by atoms with Crippen molar-refractivity contribution in [3.05, 3.63) is 11.5 Å². The summed E-state index contributed by atoms with van der Waals surface area (Å²) >= 11 is 1.82. The minimum atomic E-state index is -3.54. The van der Waals surface area contributed by atoms with Crippen molar-refractivity contribution in [3.8, 4) is 0 Å². The number of hydrogen-bond acceptors (Lipinski definition) is 3. The van der Waals surface area contributed by atoms with Crippen LogP contribution in [0.5, 0.6) is 0 Å². The van der Waals surface area contributed by atoms with E-state index in [9.17, 15) is 8.42 Å². The maximum atomic E-state index is 10.9. The van der Waals surface area contributed by atoms with Crippen LogP contribution in [0, 0.1) is 0 Å². The molecule has 1 atom stereocenters. The van der Waals surface area contributed by atoms with Gasteiger partial charge in [-0.25, -0.2) is 8.42 Å². The minimum absolute atomic E-state index is 0.161. The summed E-state index contributed by atoms with van der Waals surface area (Å²) in [5.41, 5.74) is 0. The molecule has 1 aliphatic rings. The third-order valence-electron chi connectivity index (χ3n) is 2.07. The van der Waals surface area contributed by atoms with Gasteiger partial charge in [-0.2, -0.15) is 11.8 Å². The number of allylic oxidation sites excluding steroid dienone is 1. The third kappa shape index (κ3) is 3.92. The Hall–Kier alpha value is 0.330. The molecule has 0 saturated carbocycles. The van der Waals surface area contributed by atoms with Gasteiger partial charge in [0.15, 0.2) is 0 Å². The van der Waals surface area contributed by atoms with E-state index in [-0.39, 0.29) is 4.91 Å². The van der Waals surface area contributed by atoms with Gasteiger partial charge < -0.3 is 0 Å². The maximum Gasteiger partial charge on any atom is 0.256 e. The van der Waals surface area contributed by atoms with Crippen LogP contribution < -0.4 is 0 Å². The van der Waals surface area contributed by atoms with Crippen molar-refractivity contribution >= 4 is 31.5 Å². The van der Waals surface area contributed by atoms with Crippen LogP contribution in [0.1, 0.15) is 25.7 Å². The van der Waals surface area contributed by atoms with Gasteiger partial charge in [0.25, 0.3) is 9.05 Å². The van der Waals surface area contributed by atoms with Crippen LogP contribution in [0.25, 0.3) is 0 Å². The SMILES string of the molecule is C=C(CC1CCCCS1)S(=O)(=O)Cl. The molecule has 0 aliphatic carbocycles.